The lowest BCUT2D eigenvalue weighted by atomic mass is 10.0. The van der Waals surface area contributed by atoms with Crippen LogP contribution in [0.15, 0.2) is 23.3 Å². The van der Waals surface area contributed by atoms with Gasteiger partial charge in [-0.05, 0) is 55.6 Å². The molecule has 2 aliphatic carbocycles. The van der Waals surface area contributed by atoms with Crippen LogP contribution in [0.25, 0.3) is 0 Å². The second-order valence-electron chi connectivity index (χ2n) is 7.45. The van der Waals surface area contributed by atoms with Crippen LogP contribution in [0.5, 0.6) is 0 Å². The largest absolute Gasteiger partial charge is 0.356 e. The fraction of sp³-hybridized carbons (Fsp3) is 0.667. The molecule has 0 radical (unpaired) electrons. The first-order valence-electron chi connectivity index (χ1n) is 9.03. The van der Waals surface area contributed by atoms with Crippen molar-refractivity contribution in [3.63, 3.8) is 0 Å². The molecule has 3 fully saturated rings. The SMILES string of the molecule is CN=C(NCC1(C2CC2)CC1)NC1CCN(c2ncccc2F)C1. The third-order valence-corrected chi connectivity index (χ3v) is 5.73. The zero-order valence-electron chi connectivity index (χ0n) is 14.3. The van der Waals surface area contributed by atoms with Crippen molar-refractivity contribution in [3.05, 3.63) is 24.1 Å². The van der Waals surface area contributed by atoms with Crippen molar-refractivity contribution in [2.75, 3.05) is 31.6 Å². The van der Waals surface area contributed by atoms with Gasteiger partial charge < -0.3 is 15.5 Å². The first kappa shape index (κ1) is 15.7. The van der Waals surface area contributed by atoms with Crippen molar-refractivity contribution in [1.29, 1.82) is 0 Å². The van der Waals surface area contributed by atoms with E-state index in [0.717, 1.165) is 37.9 Å². The highest BCUT2D eigenvalue weighted by Gasteiger charge is 2.53. The van der Waals surface area contributed by atoms with Gasteiger partial charge in [0, 0.05) is 38.9 Å². The summed E-state index contributed by atoms with van der Waals surface area (Å²) >= 11 is 0. The van der Waals surface area contributed by atoms with Gasteiger partial charge in [0.1, 0.15) is 0 Å². The third-order valence-electron chi connectivity index (χ3n) is 5.73. The van der Waals surface area contributed by atoms with Crippen LogP contribution in [0.1, 0.15) is 32.1 Å². The van der Waals surface area contributed by atoms with Gasteiger partial charge in [0.2, 0.25) is 0 Å². The van der Waals surface area contributed by atoms with E-state index in [1.807, 2.05) is 11.9 Å². The second-order valence-corrected chi connectivity index (χ2v) is 7.45. The molecule has 4 rings (SSSR count). The number of aliphatic imine (C=N–C) groups is 1. The Morgan fingerprint density at radius 1 is 1.42 bits per heavy atom. The second kappa shape index (κ2) is 6.22. The maximum Gasteiger partial charge on any atom is 0.191 e. The van der Waals surface area contributed by atoms with Crippen LogP contribution < -0.4 is 15.5 Å². The average molecular weight is 331 g/mol. The first-order valence-corrected chi connectivity index (χ1v) is 9.03. The van der Waals surface area contributed by atoms with Gasteiger partial charge in [-0.2, -0.15) is 0 Å². The number of hydrogen-bond donors (Lipinski definition) is 2. The van der Waals surface area contributed by atoms with Gasteiger partial charge in [0.05, 0.1) is 0 Å². The lowest BCUT2D eigenvalue weighted by Gasteiger charge is -2.21. The summed E-state index contributed by atoms with van der Waals surface area (Å²) in [5.74, 6) is 2.02. The molecule has 1 aliphatic heterocycles. The fourth-order valence-corrected chi connectivity index (χ4v) is 3.91. The van der Waals surface area contributed by atoms with E-state index in [1.54, 1.807) is 12.3 Å². The molecule has 3 aliphatic rings. The molecule has 1 unspecified atom stereocenters. The minimum absolute atomic E-state index is 0.249. The summed E-state index contributed by atoms with van der Waals surface area (Å²) in [6.45, 7) is 2.60. The Kier molecular flexibility index (Phi) is 4.06. The van der Waals surface area contributed by atoms with Crippen LogP contribution in [0.4, 0.5) is 10.2 Å². The molecule has 0 aromatic carbocycles. The van der Waals surface area contributed by atoms with Gasteiger partial charge in [-0.15, -0.1) is 0 Å². The maximum atomic E-state index is 13.9. The lowest BCUT2D eigenvalue weighted by molar-refractivity contribution is 0.430. The number of pyridine rings is 1. The topological polar surface area (TPSA) is 52.6 Å². The molecule has 2 saturated carbocycles. The Hall–Kier alpha value is -1.85. The molecule has 1 aromatic rings. The van der Waals surface area contributed by atoms with Crippen molar-refractivity contribution in [3.8, 4) is 0 Å². The molecule has 24 heavy (non-hydrogen) atoms. The Morgan fingerprint density at radius 2 is 2.25 bits per heavy atom. The van der Waals surface area contributed by atoms with Crippen LogP contribution in [0, 0.1) is 17.2 Å². The van der Waals surface area contributed by atoms with E-state index in [0.29, 0.717) is 11.2 Å². The molecule has 0 spiro atoms. The third kappa shape index (κ3) is 3.19. The normalized spacial score (nSPS) is 25.7. The van der Waals surface area contributed by atoms with Gasteiger partial charge in [-0.3, -0.25) is 4.99 Å². The van der Waals surface area contributed by atoms with E-state index >= 15 is 0 Å². The molecule has 2 N–H and O–H groups in total. The standard InChI is InChI=1S/C18H26FN5/c1-20-17(22-12-18(7-8-18)13-4-5-13)23-14-6-10-24(11-14)16-15(19)3-2-9-21-16/h2-3,9,13-14H,4-8,10-12H2,1H3,(H2,20,22,23). The summed E-state index contributed by atoms with van der Waals surface area (Å²) in [7, 11) is 1.82. The monoisotopic (exact) mass is 331 g/mol. The van der Waals surface area contributed by atoms with Crippen molar-refractivity contribution in [2.24, 2.45) is 16.3 Å². The smallest absolute Gasteiger partial charge is 0.191 e. The quantitative estimate of drug-likeness (QED) is 0.641. The summed E-state index contributed by atoms with van der Waals surface area (Å²) < 4.78 is 13.9. The minimum Gasteiger partial charge on any atom is -0.356 e. The highest BCUT2D eigenvalue weighted by Crippen LogP contribution is 2.60. The number of rotatable bonds is 5. The van der Waals surface area contributed by atoms with Crippen LogP contribution in [0.3, 0.4) is 0 Å². The van der Waals surface area contributed by atoms with Crippen LogP contribution in [-0.2, 0) is 0 Å². The molecule has 1 aromatic heterocycles. The Morgan fingerprint density at radius 3 is 2.92 bits per heavy atom. The van der Waals surface area contributed by atoms with E-state index in [-0.39, 0.29) is 11.9 Å². The number of nitrogens with one attached hydrogen (secondary N) is 2. The van der Waals surface area contributed by atoms with Crippen LogP contribution in [0.2, 0.25) is 0 Å². The maximum absolute atomic E-state index is 13.9. The number of halogens is 1. The summed E-state index contributed by atoms with van der Waals surface area (Å²) in [5, 5.41) is 7.01. The zero-order valence-corrected chi connectivity index (χ0v) is 14.3. The average Bonchev–Trinajstić information content (AvgIpc) is 3.50. The molecule has 0 bridgehead atoms. The van der Waals surface area contributed by atoms with Gasteiger partial charge in [0.25, 0.3) is 0 Å². The number of nitrogens with zero attached hydrogens (tertiary/aromatic N) is 3. The number of hydrogen-bond acceptors (Lipinski definition) is 3. The van der Waals surface area contributed by atoms with Crippen molar-refractivity contribution in [2.45, 2.75) is 38.1 Å². The molecule has 0 amide bonds. The van der Waals surface area contributed by atoms with Gasteiger partial charge in [-0.1, -0.05) is 0 Å². The fourth-order valence-electron chi connectivity index (χ4n) is 3.91. The Bertz CT molecular complexity index is 624. The molecule has 2 heterocycles. The Balaban J connectivity index is 1.29. The van der Waals surface area contributed by atoms with Gasteiger partial charge in [0.15, 0.2) is 17.6 Å². The Labute approximate surface area is 142 Å². The molecule has 6 heteroatoms. The molecule has 1 atom stereocenters. The number of guanidine groups is 1. The predicted octanol–water partition coefficient (Wildman–Crippen LogP) is 2.15. The number of aromatic nitrogens is 1. The zero-order chi connectivity index (χ0) is 16.6. The van der Waals surface area contributed by atoms with Crippen molar-refractivity contribution < 1.29 is 4.39 Å². The van der Waals surface area contributed by atoms with Gasteiger partial charge >= 0.3 is 0 Å². The van der Waals surface area contributed by atoms with Crippen LogP contribution >= 0.6 is 0 Å². The highest BCUT2D eigenvalue weighted by molar-refractivity contribution is 5.80. The minimum atomic E-state index is -0.249. The summed E-state index contributed by atoms with van der Waals surface area (Å²) in [4.78, 5) is 10.5. The molecule has 130 valence electrons. The molecule has 1 saturated heterocycles. The molecule has 5 nitrogen and oxygen atoms in total. The van der Waals surface area contributed by atoms with Crippen LogP contribution in [-0.4, -0.2) is 43.7 Å². The van der Waals surface area contributed by atoms with Gasteiger partial charge in [-0.25, -0.2) is 9.37 Å². The van der Waals surface area contributed by atoms with E-state index in [9.17, 15) is 4.39 Å². The molecular formula is C18H26FN5. The van der Waals surface area contributed by atoms with E-state index in [1.165, 1.54) is 31.7 Å². The van der Waals surface area contributed by atoms with E-state index in [4.69, 9.17) is 0 Å². The number of anilines is 1. The van der Waals surface area contributed by atoms with Crippen molar-refractivity contribution in [1.82, 2.24) is 15.6 Å². The molecular weight excluding hydrogens is 305 g/mol. The predicted molar refractivity (Wildman–Crippen MR) is 93.7 cm³/mol. The summed E-state index contributed by atoms with van der Waals surface area (Å²) in [5.41, 5.74) is 0.552. The summed E-state index contributed by atoms with van der Waals surface area (Å²) in [6.07, 6.45) is 8.13. The van der Waals surface area contributed by atoms with E-state index < -0.39 is 0 Å². The first-order chi connectivity index (χ1) is 11.7. The lowest BCUT2D eigenvalue weighted by Crippen LogP contribution is -2.46. The van der Waals surface area contributed by atoms with Crippen molar-refractivity contribution >= 4 is 11.8 Å². The van der Waals surface area contributed by atoms with E-state index in [2.05, 4.69) is 20.6 Å². The summed E-state index contributed by atoms with van der Waals surface area (Å²) in [6, 6.07) is 3.37. The highest BCUT2D eigenvalue weighted by atomic mass is 19.1.